The number of Topliss-reactive ketones (excluding diaryl/α,β-unsaturated/α-hetero) is 1. The van der Waals surface area contributed by atoms with Gasteiger partial charge in [0.05, 0.1) is 15.9 Å². The number of rotatable bonds is 4. The molecular weight excluding hydrogens is 316 g/mol. The second-order valence-electron chi connectivity index (χ2n) is 6.82. The molecular formula is C16H21BrN2O. The summed E-state index contributed by atoms with van der Waals surface area (Å²) in [6, 6.07) is 0. The van der Waals surface area contributed by atoms with Gasteiger partial charge in [0.15, 0.2) is 0 Å². The minimum absolute atomic E-state index is 0.383. The van der Waals surface area contributed by atoms with Gasteiger partial charge in [0, 0.05) is 18.9 Å². The molecule has 4 rings (SSSR count). The molecule has 0 aliphatic heterocycles. The number of nitrogens with zero attached hydrogens (tertiary/aromatic N) is 2. The van der Waals surface area contributed by atoms with Gasteiger partial charge in [-0.05, 0) is 72.7 Å². The van der Waals surface area contributed by atoms with Crippen molar-refractivity contribution in [2.75, 3.05) is 0 Å². The Kier molecular flexibility index (Phi) is 2.89. The van der Waals surface area contributed by atoms with Crippen LogP contribution in [0.15, 0.2) is 4.47 Å². The van der Waals surface area contributed by atoms with Crippen LogP contribution in [0.3, 0.4) is 0 Å². The van der Waals surface area contributed by atoms with E-state index >= 15 is 0 Å². The van der Waals surface area contributed by atoms with E-state index < -0.39 is 0 Å². The molecule has 4 atom stereocenters. The highest BCUT2D eigenvalue weighted by Crippen LogP contribution is 2.69. The smallest absolute Gasteiger partial charge is 0.142 e. The first kappa shape index (κ1) is 13.1. The molecule has 4 heteroatoms. The van der Waals surface area contributed by atoms with E-state index in [-0.39, 0.29) is 0 Å². The number of ketones is 1. The largest absolute Gasteiger partial charge is 0.299 e. The molecule has 0 spiro atoms. The van der Waals surface area contributed by atoms with Crippen molar-refractivity contribution in [3.8, 4) is 0 Å². The summed E-state index contributed by atoms with van der Waals surface area (Å²) in [5.41, 5.74) is 2.07. The van der Waals surface area contributed by atoms with Gasteiger partial charge in [-0.2, -0.15) is 5.10 Å². The fourth-order valence-electron chi connectivity index (χ4n) is 5.08. The summed E-state index contributed by atoms with van der Waals surface area (Å²) in [4.78, 5) is 12.7. The van der Waals surface area contributed by atoms with E-state index in [1.807, 2.05) is 11.6 Å². The van der Waals surface area contributed by atoms with Crippen molar-refractivity contribution < 1.29 is 4.79 Å². The first-order chi connectivity index (χ1) is 9.61. The molecule has 4 unspecified atom stereocenters. The average Bonchev–Trinajstić information content (AvgIpc) is 2.73. The maximum atomic E-state index is 12.7. The minimum atomic E-state index is 0.383. The summed E-state index contributed by atoms with van der Waals surface area (Å²) in [6.07, 6.45) is 4.73. The summed E-state index contributed by atoms with van der Waals surface area (Å²) in [6.45, 7) is 4.91. The summed E-state index contributed by atoms with van der Waals surface area (Å²) < 4.78 is 3.01. The average molecular weight is 337 g/mol. The van der Waals surface area contributed by atoms with E-state index in [2.05, 4.69) is 28.0 Å². The molecule has 0 N–H and O–H groups in total. The number of carbonyl (C=O) groups excluding carboxylic acids is 1. The van der Waals surface area contributed by atoms with Crippen molar-refractivity contribution in [2.45, 2.75) is 46.1 Å². The second kappa shape index (κ2) is 4.43. The molecule has 20 heavy (non-hydrogen) atoms. The molecule has 1 aromatic heterocycles. The van der Waals surface area contributed by atoms with Crippen LogP contribution in [-0.4, -0.2) is 15.6 Å². The van der Waals surface area contributed by atoms with E-state index in [0.29, 0.717) is 18.1 Å². The van der Waals surface area contributed by atoms with Gasteiger partial charge in [-0.25, -0.2) is 0 Å². The molecule has 3 aliphatic rings. The van der Waals surface area contributed by atoms with Gasteiger partial charge in [-0.15, -0.1) is 0 Å². The first-order valence-corrected chi connectivity index (χ1v) is 8.65. The van der Waals surface area contributed by atoms with Crippen molar-refractivity contribution in [3.63, 3.8) is 0 Å². The number of hydrogen-bond donors (Lipinski definition) is 0. The van der Waals surface area contributed by atoms with Crippen molar-refractivity contribution in [1.29, 1.82) is 0 Å². The van der Waals surface area contributed by atoms with Crippen LogP contribution >= 0.6 is 15.9 Å². The Balaban J connectivity index is 1.52. The molecule has 0 aromatic carbocycles. The highest BCUT2D eigenvalue weighted by molar-refractivity contribution is 9.10. The lowest BCUT2D eigenvalue weighted by molar-refractivity contribution is -0.120. The predicted octanol–water partition coefficient (Wildman–Crippen LogP) is 3.38. The summed E-state index contributed by atoms with van der Waals surface area (Å²) in [5, 5.41) is 4.49. The molecule has 0 radical (unpaired) electrons. The monoisotopic (exact) mass is 336 g/mol. The Morgan fingerprint density at radius 3 is 2.60 bits per heavy atom. The van der Waals surface area contributed by atoms with E-state index in [0.717, 1.165) is 46.1 Å². The van der Waals surface area contributed by atoms with Crippen LogP contribution < -0.4 is 0 Å². The molecule has 2 bridgehead atoms. The third kappa shape index (κ3) is 1.69. The third-order valence-electron chi connectivity index (χ3n) is 5.90. The zero-order chi connectivity index (χ0) is 14.0. The van der Waals surface area contributed by atoms with Gasteiger partial charge >= 0.3 is 0 Å². The number of aryl methyl sites for hydroxylation is 2. The van der Waals surface area contributed by atoms with E-state index in [9.17, 15) is 4.79 Å². The standard InChI is InChI=1S/C16H21BrN2O/c1-3-19-11(16(17)8(2)18-19)7-12(20)15-13-9-4-5-10(6-9)14(13)15/h9-10,13-15H,3-7H2,1-2H3. The molecule has 1 aromatic rings. The van der Waals surface area contributed by atoms with Gasteiger partial charge < -0.3 is 0 Å². The second-order valence-corrected chi connectivity index (χ2v) is 7.61. The Bertz CT molecular complexity index is 563. The Morgan fingerprint density at radius 1 is 1.35 bits per heavy atom. The van der Waals surface area contributed by atoms with Crippen molar-refractivity contribution in [3.05, 3.63) is 15.9 Å². The summed E-state index contributed by atoms with van der Waals surface area (Å²) in [5.74, 6) is 4.10. The van der Waals surface area contributed by atoms with E-state index in [1.54, 1.807) is 0 Å². The fraction of sp³-hybridized carbons (Fsp3) is 0.750. The maximum absolute atomic E-state index is 12.7. The number of hydrogen-bond acceptors (Lipinski definition) is 2. The van der Waals surface area contributed by atoms with Gasteiger partial charge in [-0.3, -0.25) is 9.48 Å². The van der Waals surface area contributed by atoms with Gasteiger partial charge in [0.2, 0.25) is 0 Å². The van der Waals surface area contributed by atoms with Crippen molar-refractivity contribution >= 4 is 21.7 Å². The number of fused-ring (bicyclic) bond motifs is 5. The van der Waals surface area contributed by atoms with Crippen LogP contribution in [0.25, 0.3) is 0 Å². The zero-order valence-corrected chi connectivity index (χ0v) is 13.7. The van der Waals surface area contributed by atoms with Crippen molar-refractivity contribution in [1.82, 2.24) is 9.78 Å². The molecule has 3 fully saturated rings. The van der Waals surface area contributed by atoms with Crippen LogP contribution in [-0.2, 0) is 17.8 Å². The normalized spacial score (nSPS) is 37.2. The van der Waals surface area contributed by atoms with Crippen LogP contribution in [0, 0.1) is 36.5 Å². The number of aromatic nitrogens is 2. The summed E-state index contributed by atoms with van der Waals surface area (Å²) in [7, 11) is 0. The summed E-state index contributed by atoms with van der Waals surface area (Å²) >= 11 is 3.60. The topological polar surface area (TPSA) is 34.9 Å². The van der Waals surface area contributed by atoms with Crippen LogP contribution in [0.4, 0.5) is 0 Å². The highest BCUT2D eigenvalue weighted by atomic mass is 79.9. The number of halogens is 1. The fourth-order valence-corrected chi connectivity index (χ4v) is 5.50. The van der Waals surface area contributed by atoms with Crippen LogP contribution in [0.5, 0.6) is 0 Å². The maximum Gasteiger partial charge on any atom is 0.142 e. The van der Waals surface area contributed by atoms with Crippen molar-refractivity contribution in [2.24, 2.45) is 29.6 Å². The molecule has 3 saturated carbocycles. The van der Waals surface area contributed by atoms with E-state index in [1.165, 1.54) is 19.3 Å². The SMILES string of the molecule is CCn1nc(C)c(Br)c1CC(=O)C1C2C3CCC(C3)C12. The third-order valence-corrected chi connectivity index (χ3v) is 6.93. The Hall–Kier alpha value is -0.640. The minimum Gasteiger partial charge on any atom is -0.299 e. The Labute approximate surface area is 128 Å². The van der Waals surface area contributed by atoms with Gasteiger partial charge in [-0.1, -0.05) is 0 Å². The molecule has 1 heterocycles. The molecule has 0 amide bonds. The first-order valence-electron chi connectivity index (χ1n) is 7.86. The Morgan fingerprint density at radius 2 is 2.00 bits per heavy atom. The van der Waals surface area contributed by atoms with Crippen LogP contribution in [0.2, 0.25) is 0 Å². The molecule has 0 saturated heterocycles. The predicted molar refractivity (Wildman–Crippen MR) is 80.4 cm³/mol. The van der Waals surface area contributed by atoms with Gasteiger partial charge in [0.25, 0.3) is 0 Å². The quantitative estimate of drug-likeness (QED) is 0.844. The molecule has 3 aliphatic carbocycles. The highest BCUT2D eigenvalue weighted by Gasteiger charge is 2.66. The zero-order valence-electron chi connectivity index (χ0n) is 12.1. The van der Waals surface area contributed by atoms with Gasteiger partial charge in [0.1, 0.15) is 5.78 Å². The lowest BCUT2D eigenvalue weighted by Gasteiger charge is -2.09. The molecule has 3 nitrogen and oxygen atoms in total. The lowest BCUT2D eigenvalue weighted by atomic mass is 9.98. The lowest BCUT2D eigenvalue weighted by Crippen LogP contribution is -2.15. The van der Waals surface area contributed by atoms with Crippen LogP contribution in [0.1, 0.15) is 37.6 Å². The number of carbonyl (C=O) groups is 1. The molecule has 108 valence electrons. The van der Waals surface area contributed by atoms with E-state index in [4.69, 9.17) is 0 Å².